The lowest BCUT2D eigenvalue weighted by atomic mass is 10.2. The number of para-hydroxylation sites is 1. The Bertz CT molecular complexity index is 534. The van der Waals surface area contributed by atoms with Gasteiger partial charge in [0.2, 0.25) is 0 Å². The van der Waals surface area contributed by atoms with Gasteiger partial charge in [-0.1, -0.05) is 23.4 Å². The minimum Gasteiger partial charge on any atom is -0.326 e. The molecule has 0 aliphatic carbocycles. The molecule has 0 saturated heterocycles. The minimum absolute atomic E-state index is 0.277. The Balaban J connectivity index is 2.18. The molecule has 6 heteroatoms. The molecular formula is C11H13N5O. The highest BCUT2D eigenvalue weighted by Crippen LogP contribution is 2.14. The van der Waals surface area contributed by atoms with E-state index in [-0.39, 0.29) is 11.6 Å². The van der Waals surface area contributed by atoms with Crippen molar-refractivity contribution in [3.05, 3.63) is 41.7 Å². The summed E-state index contributed by atoms with van der Waals surface area (Å²) < 4.78 is 1.48. The summed E-state index contributed by atoms with van der Waals surface area (Å²) >= 11 is 0. The first-order valence-corrected chi connectivity index (χ1v) is 5.16. The molecule has 0 fully saturated rings. The zero-order valence-electron chi connectivity index (χ0n) is 9.42. The van der Waals surface area contributed by atoms with Crippen LogP contribution in [0, 0.1) is 0 Å². The van der Waals surface area contributed by atoms with Gasteiger partial charge in [-0.2, -0.15) is 0 Å². The Kier molecular flexibility index (Phi) is 3.15. The third-order valence-corrected chi connectivity index (χ3v) is 2.32. The van der Waals surface area contributed by atoms with Crippen LogP contribution in [0.2, 0.25) is 0 Å². The van der Waals surface area contributed by atoms with Crippen LogP contribution in [-0.2, 0) is 13.6 Å². The third kappa shape index (κ3) is 2.48. The molecule has 0 radical (unpaired) electrons. The molecule has 1 heterocycles. The van der Waals surface area contributed by atoms with Gasteiger partial charge in [0.25, 0.3) is 5.91 Å². The topological polar surface area (TPSA) is 85.8 Å². The van der Waals surface area contributed by atoms with Gasteiger partial charge in [0.15, 0.2) is 5.69 Å². The Hall–Kier alpha value is -2.21. The van der Waals surface area contributed by atoms with E-state index in [4.69, 9.17) is 5.73 Å². The molecule has 1 aromatic carbocycles. The average molecular weight is 231 g/mol. The molecule has 0 atom stereocenters. The number of hydrogen-bond acceptors (Lipinski definition) is 4. The van der Waals surface area contributed by atoms with Crippen molar-refractivity contribution in [1.29, 1.82) is 0 Å². The summed E-state index contributed by atoms with van der Waals surface area (Å²) in [7, 11) is 1.71. The second-order valence-electron chi connectivity index (χ2n) is 3.59. The van der Waals surface area contributed by atoms with Gasteiger partial charge in [0.1, 0.15) is 0 Å². The Morgan fingerprint density at radius 3 is 2.88 bits per heavy atom. The van der Waals surface area contributed by atoms with Gasteiger partial charge in [0.05, 0.1) is 6.20 Å². The fourth-order valence-electron chi connectivity index (χ4n) is 1.46. The van der Waals surface area contributed by atoms with Crippen LogP contribution >= 0.6 is 0 Å². The van der Waals surface area contributed by atoms with Gasteiger partial charge >= 0.3 is 0 Å². The summed E-state index contributed by atoms with van der Waals surface area (Å²) in [5, 5.41) is 10.2. The molecule has 88 valence electrons. The fraction of sp³-hybridized carbons (Fsp3) is 0.182. The second kappa shape index (κ2) is 4.75. The van der Waals surface area contributed by atoms with E-state index in [1.807, 2.05) is 18.2 Å². The van der Waals surface area contributed by atoms with Crippen LogP contribution in [0.25, 0.3) is 0 Å². The van der Waals surface area contributed by atoms with Crippen molar-refractivity contribution in [2.75, 3.05) is 5.32 Å². The summed E-state index contributed by atoms with van der Waals surface area (Å²) in [6.45, 7) is 0.372. The summed E-state index contributed by atoms with van der Waals surface area (Å²) in [6.07, 6.45) is 1.56. The fourth-order valence-corrected chi connectivity index (χ4v) is 1.46. The molecule has 0 bridgehead atoms. The van der Waals surface area contributed by atoms with Gasteiger partial charge in [-0.05, 0) is 11.6 Å². The van der Waals surface area contributed by atoms with E-state index in [9.17, 15) is 4.79 Å². The van der Waals surface area contributed by atoms with Crippen LogP contribution in [-0.4, -0.2) is 20.9 Å². The van der Waals surface area contributed by atoms with E-state index < -0.39 is 0 Å². The van der Waals surface area contributed by atoms with E-state index in [1.54, 1.807) is 19.3 Å². The second-order valence-corrected chi connectivity index (χ2v) is 3.59. The lowest BCUT2D eigenvalue weighted by Gasteiger charge is -2.07. The number of benzene rings is 1. The summed E-state index contributed by atoms with van der Waals surface area (Å²) in [5.41, 5.74) is 7.44. The van der Waals surface area contributed by atoms with E-state index in [0.29, 0.717) is 12.2 Å². The van der Waals surface area contributed by atoms with Crippen LogP contribution < -0.4 is 11.1 Å². The summed E-state index contributed by atoms with van der Waals surface area (Å²) in [4.78, 5) is 11.8. The normalized spacial score (nSPS) is 10.2. The van der Waals surface area contributed by atoms with Crippen LogP contribution in [0.4, 0.5) is 5.69 Å². The molecule has 2 rings (SSSR count). The largest absolute Gasteiger partial charge is 0.326 e. The zero-order chi connectivity index (χ0) is 12.3. The standard InChI is InChI=1S/C11H13N5O/c1-16-7-10(14-15-16)11(17)13-9-5-3-2-4-8(9)6-12/h2-5,7H,6,12H2,1H3,(H,13,17). The van der Waals surface area contributed by atoms with Gasteiger partial charge in [-0.25, -0.2) is 0 Å². The number of amides is 1. The number of anilines is 1. The highest BCUT2D eigenvalue weighted by atomic mass is 16.2. The predicted molar refractivity (Wildman–Crippen MR) is 63.3 cm³/mol. The molecule has 0 unspecified atom stereocenters. The average Bonchev–Trinajstić information content (AvgIpc) is 2.77. The van der Waals surface area contributed by atoms with E-state index in [1.165, 1.54) is 4.68 Å². The minimum atomic E-state index is -0.293. The Morgan fingerprint density at radius 2 is 2.24 bits per heavy atom. The number of nitrogens with one attached hydrogen (secondary N) is 1. The van der Waals surface area contributed by atoms with Crippen LogP contribution in [0.1, 0.15) is 16.1 Å². The molecule has 1 amide bonds. The Labute approximate surface area is 98.4 Å². The summed E-state index contributed by atoms with van der Waals surface area (Å²) in [5.74, 6) is -0.293. The highest BCUT2D eigenvalue weighted by Gasteiger charge is 2.11. The van der Waals surface area contributed by atoms with Crippen molar-refractivity contribution < 1.29 is 4.79 Å². The summed E-state index contributed by atoms with van der Waals surface area (Å²) in [6, 6.07) is 7.38. The number of aryl methyl sites for hydroxylation is 1. The maximum Gasteiger partial charge on any atom is 0.277 e. The first kappa shape index (κ1) is 11.3. The maximum atomic E-state index is 11.8. The van der Waals surface area contributed by atoms with E-state index in [0.717, 1.165) is 5.56 Å². The predicted octanol–water partition coefficient (Wildman–Crippen LogP) is 0.526. The molecule has 2 aromatic rings. The highest BCUT2D eigenvalue weighted by molar-refractivity contribution is 6.03. The number of hydrogen-bond donors (Lipinski definition) is 2. The van der Waals surface area contributed by atoms with Gasteiger partial charge in [0, 0.05) is 19.3 Å². The van der Waals surface area contributed by atoms with Crippen LogP contribution in [0.15, 0.2) is 30.5 Å². The third-order valence-electron chi connectivity index (χ3n) is 2.32. The molecule has 17 heavy (non-hydrogen) atoms. The molecule has 0 aliphatic rings. The molecular weight excluding hydrogens is 218 g/mol. The monoisotopic (exact) mass is 231 g/mol. The Morgan fingerprint density at radius 1 is 1.47 bits per heavy atom. The number of nitrogens with zero attached hydrogens (tertiary/aromatic N) is 3. The lowest BCUT2D eigenvalue weighted by Crippen LogP contribution is -2.14. The van der Waals surface area contributed by atoms with Crippen molar-refractivity contribution in [2.45, 2.75) is 6.54 Å². The molecule has 0 spiro atoms. The van der Waals surface area contributed by atoms with Gasteiger partial charge in [-0.3, -0.25) is 9.48 Å². The number of nitrogens with two attached hydrogens (primary N) is 1. The quantitative estimate of drug-likeness (QED) is 0.806. The SMILES string of the molecule is Cn1cc(C(=O)Nc2ccccc2CN)nn1. The molecule has 0 aliphatic heterocycles. The number of carbonyl (C=O) groups excluding carboxylic acids is 1. The zero-order valence-corrected chi connectivity index (χ0v) is 9.42. The van der Waals surface area contributed by atoms with Crippen molar-refractivity contribution in [2.24, 2.45) is 12.8 Å². The van der Waals surface area contributed by atoms with Crippen molar-refractivity contribution in [1.82, 2.24) is 15.0 Å². The van der Waals surface area contributed by atoms with Crippen LogP contribution in [0.5, 0.6) is 0 Å². The maximum absolute atomic E-state index is 11.8. The number of rotatable bonds is 3. The molecule has 1 aromatic heterocycles. The molecule has 6 nitrogen and oxygen atoms in total. The first-order chi connectivity index (χ1) is 8.20. The van der Waals surface area contributed by atoms with Crippen molar-refractivity contribution >= 4 is 11.6 Å². The number of carbonyl (C=O) groups is 1. The van der Waals surface area contributed by atoms with E-state index >= 15 is 0 Å². The van der Waals surface area contributed by atoms with E-state index in [2.05, 4.69) is 15.6 Å². The number of aromatic nitrogens is 3. The van der Waals surface area contributed by atoms with Gasteiger partial charge < -0.3 is 11.1 Å². The first-order valence-electron chi connectivity index (χ1n) is 5.16. The molecule has 0 saturated carbocycles. The van der Waals surface area contributed by atoms with Crippen molar-refractivity contribution in [3.8, 4) is 0 Å². The van der Waals surface area contributed by atoms with Crippen LogP contribution in [0.3, 0.4) is 0 Å². The van der Waals surface area contributed by atoms with Gasteiger partial charge in [-0.15, -0.1) is 5.10 Å². The van der Waals surface area contributed by atoms with Crippen molar-refractivity contribution in [3.63, 3.8) is 0 Å². The lowest BCUT2D eigenvalue weighted by molar-refractivity contribution is 0.102. The smallest absolute Gasteiger partial charge is 0.277 e. The molecule has 3 N–H and O–H groups in total.